The lowest BCUT2D eigenvalue weighted by atomic mass is 9.90. The first-order chi connectivity index (χ1) is 6.19. The van der Waals surface area contributed by atoms with Gasteiger partial charge in [-0.15, -0.1) is 0 Å². The zero-order valence-corrected chi connectivity index (χ0v) is 10.7. The van der Waals surface area contributed by atoms with Gasteiger partial charge in [0, 0.05) is 21.3 Å². The largest absolute Gasteiger partial charge is 0.259 e. The van der Waals surface area contributed by atoms with Crippen molar-refractivity contribution >= 4 is 10.8 Å². The first-order valence-corrected chi connectivity index (χ1v) is 6.31. The zero-order chi connectivity index (χ0) is 11.4. The van der Waals surface area contributed by atoms with Crippen LogP contribution in [0.3, 0.4) is 0 Å². The summed E-state index contributed by atoms with van der Waals surface area (Å²) in [6, 6.07) is 2.25. The third-order valence-electron chi connectivity index (χ3n) is 2.12. The highest BCUT2D eigenvalue weighted by molar-refractivity contribution is 7.86. The van der Waals surface area contributed by atoms with Crippen molar-refractivity contribution in [1.82, 2.24) is 0 Å². The van der Waals surface area contributed by atoms with E-state index >= 15 is 0 Å². The van der Waals surface area contributed by atoms with Crippen LogP contribution in [-0.4, -0.2) is 14.7 Å². The highest BCUT2D eigenvalue weighted by atomic mass is 32.2. The van der Waals surface area contributed by atoms with Crippen LogP contribution >= 0.6 is 0 Å². The van der Waals surface area contributed by atoms with Crippen LogP contribution in [0.25, 0.3) is 0 Å². The van der Waals surface area contributed by atoms with Crippen molar-refractivity contribution in [3.05, 3.63) is 0 Å². The number of rotatable bonds is 4. The standard InChI is InChI=1S/C11H21NOS/c1-10(2,3)14(13)8-6-7-11(4,5)9-12/h6-8H2,1-5H3. The molecule has 0 aliphatic carbocycles. The van der Waals surface area contributed by atoms with Gasteiger partial charge in [0.05, 0.1) is 11.5 Å². The Morgan fingerprint density at radius 3 is 2.07 bits per heavy atom. The fourth-order valence-corrected chi connectivity index (χ4v) is 2.03. The van der Waals surface area contributed by atoms with E-state index in [1.807, 2.05) is 34.6 Å². The van der Waals surface area contributed by atoms with Crippen LogP contribution in [0, 0.1) is 16.7 Å². The molecule has 0 saturated heterocycles. The second-order valence-corrected chi connectivity index (χ2v) is 7.59. The molecule has 0 N–H and O–H groups in total. The molecule has 0 aromatic heterocycles. The molecule has 2 nitrogen and oxygen atoms in total. The molecule has 0 aromatic carbocycles. The number of hydrogen-bond donors (Lipinski definition) is 0. The molecule has 0 aromatic rings. The Balaban J connectivity index is 3.89. The molecule has 0 amide bonds. The topological polar surface area (TPSA) is 40.9 Å². The number of nitriles is 1. The maximum absolute atomic E-state index is 11.7. The van der Waals surface area contributed by atoms with E-state index in [0.717, 1.165) is 12.8 Å². The van der Waals surface area contributed by atoms with Gasteiger partial charge in [0.2, 0.25) is 0 Å². The molecule has 3 heteroatoms. The van der Waals surface area contributed by atoms with Gasteiger partial charge in [-0.1, -0.05) is 0 Å². The summed E-state index contributed by atoms with van der Waals surface area (Å²) in [6.45, 7) is 9.80. The van der Waals surface area contributed by atoms with Crippen LogP contribution in [0.2, 0.25) is 0 Å². The summed E-state index contributed by atoms with van der Waals surface area (Å²) in [5.74, 6) is 0.703. The Bertz CT molecular complexity index is 245. The monoisotopic (exact) mass is 215 g/mol. The fourth-order valence-electron chi connectivity index (χ4n) is 1.01. The molecular weight excluding hydrogens is 194 g/mol. The molecule has 0 saturated carbocycles. The smallest absolute Gasteiger partial charge is 0.0683 e. The van der Waals surface area contributed by atoms with Crippen molar-refractivity contribution in [3.63, 3.8) is 0 Å². The van der Waals surface area contributed by atoms with Gasteiger partial charge < -0.3 is 0 Å². The van der Waals surface area contributed by atoms with E-state index in [1.54, 1.807) is 0 Å². The quantitative estimate of drug-likeness (QED) is 0.723. The van der Waals surface area contributed by atoms with Gasteiger partial charge in [-0.25, -0.2) is 0 Å². The van der Waals surface area contributed by atoms with Gasteiger partial charge in [-0.2, -0.15) is 5.26 Å². The minimum Gasteiger partial charge on any atom is -0.259 e. The summed E-state index contributed by atoms with van der Waals surface area (Å²) in [4.78, 5) is 0. The molecule has 82 valence electrons. The molecule has 0 heterocycles. The van der Waals surface area contributed by atoms with Crippen molar-refractivity contribution in [2.24, 2.45) is 5.41 Å². The predicted molar refractivity (Wildman–Crippen MR) is 61.4 cm³/mol. The van der Waals surface area contributed by atoms with Gasteiger partial charge in [-0.3, -0.25) is 4.21 Å². The first kappa shape index (κ1) is 13.6. The normalized spacial score (nSPS) is 14.9. The van der Waals surface area contributed by atoms with Crippen molar-refractivity contribution in [3.8, 4) is 6.07 Å². The van der Waals surface area contributed by atoms with E-state index in [9.17, 15) is 4.21 Å². The van der Waals surface area contributed by atoms with E-state index in [0.29, 0.717) is 5.75 Å². The number of hydrogen-bond acceptors (Lipinski definition) is 2. The maximum Gasteiger partial charge on any atom is 0.0683 e. The number of nitrogens with zero attached hydrogens (tertiary/aromatic N) is 1. The van der Waals surface area contributed by atoms with Crippen molar-refractivity contribution < 1.29 is 4.21 Å². The fraction of sp³-hybridized carbons (Fsp3) is 0.909. The van der Waals surface area contributed by atoms with Gasteiger partial charge in [0.1, 0.15) is 0 Å². The van der Waals surface area contributed by atoms with Crippen LogP contribution in [0.1, 0.15) is 47.5 Å². The molecule has 0 bridgehead atoms. The molecule has 14 heavy (non-hydrogen) atoms. The van der Waals surface area contributed by atoms with Crippen molar-refractivity contribution in [2.45, 2.75) is 52.2 Å². The molecule has 0 rings (SSSR count). The lowest BCUT2D eigenvalue weighted by Crippen LogP contribution is -2.24. The Kier molecular flexibility index (Phi) is 4.80. The van der Waals surface area contributed by atoms with Crippen molar-refractivity contribution in [1.29, 1.82) is 5.26 Å². The molecule has 0 fully saturated rings. The average Bonchev–Trinajstić information content (AvgIpc) is 2.02. The Morgan fingerprint density at radius 1 is 1.21 bits per heavy atom. The van der Waals surface area contributed by atoms with E-state index in [-0.39, 0.29) is 10.2 Å². The maximum atomic E-state index is 11.7. The minimum atomic E-state index is -0.783. The molecule has 0 spiro atoms. The van der Waals surface area contributed by atoms with Crippen LogP contribution in [0.4, 0.5) is 0 Å². The first-order valence-electron chi connectivity index (χ1n) is 4.99. The Morgan fingerprint density at radius 2 is 1.71 bits per heavy atom. The highest BCUT2D eigenvalue weighted by Crippen LogP contribution is 2.22. The third-order valence-corrected chi connectivity index (χ3v) is 4.14. The van der Waals surface area contributed by atoms with Crippen LogP contribution < -0.4 is 0 Å². The van der Waals surface area contributed by atoms with Crippen LogP contribution in [-0.2, 0) is 10.8 Å². The average molecular weight is 215 g/mol. The third kappa shape index (κ3) is 5.39. The lowest BCUT2D eigenvalue weighted by molar-refractivity contribution is 0.446. The van der Waals surface area contributed by atoms with Gasteiger partial charge in [-0.05, 0) is 47.5 Å². The van der Waals surface area contributed by atoms with Gasteiger partial charge >= 0.3 is 0 Å². The summed E-state index contributed by atoms with van der Waals surface area (Å²) in [5, 5.41) is 8.79. The predicted octanol–water partition coefficient (Wildman–Crippen LogP) is 2.86. The van der Waals surface area contributed by atoms with Crippen molar-refractivity contribution in [2.75, 3.05) is 5.75 Å². The second kappa shape index (κ2) is 4.93. The molecule has 1 unspecified atom stereocenters. The minimum absolute atomic E-state index is 0.128. The summed E-state index contributed by atoms with van der Waals surface area (Å²) in [6.07, 6.45) is 1.69. The van der Waals surface area contributed by atoms with E-state index in [2.05, 4.69) is 6.07 Å². The van der Waals surface area contributed by atoms with Gasteiger partial charge in [0.25, 0.3) is 0 Å². The van der Waals surface area contributed by atoms with Crippen LogP contribution in [0.15, 0.2) is 0 Å². The molecular formula is C11H21NOS. The summed E-state index contributed by atoms with van der Waals surface area (Å²) >= 11 is 0. The Labute approximate surface area is 90.2 Å². The van der Waals surface area contributed by atoms with Crippen LogP contribution in [0.5, 0.6) is 0 Å². The summed E-state index contributed by atoms with van der Waals surface area (Å²) in [7, 11) is -0.783. The van der Waals surface area contributed by atoms with E-state index in [4.69, 9.17) is 5.26 Å². The highest BCUT2D eigenvalue weighted by Gasteiger charge is 2.21. The zero-order valence-electron chi connectivity index (χ0n) is 9.89. The Hall–Kier alpha value is -0.360. The summed E-state index contributed by atoms with van der Waals surface area (Å²) < 4.78 is 11.5. The van der Waals surface area contributed by atoms with Gasteiger partial charge in [0.15, 0.2) is 0 Å². The molecule has 0 aliphatic rings. The molecule has 1 atom stereocenters. The summed E-state index contributed by atoms with van der Waals surface area (Å²) in [5.41, 5.74) is -0.276. The van der Waals surface area contributed by atoms with E-state index in [1.165, 1.54) is 0 Å². The second-order valence-electron chi connectivity index (χ2n) is 5.26. The lowest BCUT2D eigenvalue weighted by Gasteiger charge is -2.19. The molecule has 0 radical (unpaired) electrons. The SMILES string of the molecule is CC(C)(C#N)CCCS(=O)C(C)(C)C. The molecule has 0 aliphatic heterocycles. The van der Waals surface area contributed by atoms with E-state index < -0.39 is 10.8 Å².